The van der Waals surface area contributed by atoms with Gasteiger partial charge >= 0.3 is 0 Å². The highest BCUT2D eigenvalue weighted by Crippen LogP contribution is 2.35. The molecule has 0 amide bonds. The summed E-state index contributed by atoms with van der Waals surface area (Å²) in [7, 11) is 0. The molecule has 4 nitrogen and oxygen atoms in total. The third kappa shape index (κ3) is 1.79. The topological polar surface area (TPSA) is 43.4 Å². The van der Waals surface area contributed by atoms with Crippen LogP contribution in [0.4, 0.5) is 0 Å². The van der Waals surface area contributed by atoms with Crippen LogP contribution in [-0.4, -0.2) is 30.3 Å². The molecule has 0 unspecified atom stereocenters. The molecule has 0 radical (unpaired) electrons. The summed E-state index contributed by atoms with van der Waals surface area (Å²) in [5, 5.41) is 0. The fourth-order valence-electron chi connectivity index (χ4n) is 1.97. The first-order valence-corrected chi connectivity index (χ1v) is 6.22. The molecule has 0 saturated carbocycles. The molecule has 3 rings (SSSR count). The van der Waals surface area contributed by atoms with Crippen LogP contribution in [-0.2, 0) is 4.74 Å². The Hall–Kier alpha value is -0.780. The largest absolute Gasteiger partial charge is 0.466 e. The standard InChI is InChI=1S/C11H14N2O2S/c1-8-4-9-10(12-5-8)15-11(6-13-16-9)2-3-14-7-11/h4-5,13H,2-3,6-7H2,1H3/t11-/m0/s1. The molecule has 0 aliphatic carbocycles. The average Bonchev–Trinajstić information content (AvgIpc) is 2.62. The van der Waals surface area contributed by atoms with E-state index in [0.717, 1.165) is 35.9 Å². The zero-order chi connectivity index (χ0) is 11.0. The van der Waals surface area contributed by atoms with Crippen molar-refractivity contribution < 1.29 is 9.47 Å². The van der Waals surface area contributed by atoms with Gasteiger partial charge in [0.05, 0.1) is 18.1 Å². The lowest BCUT2D eigenvalue weighted by Crippen LogP contribution is -2.43. The molecule has 1 atom stereocenters. The molecule has 86 valence electrons. The molecule has 1 N–H and O–H groups in total. The van der Waals surface area contributed by atoms with Crippen LogP contribution >= 0.6 is 11.9 Å². The Bertz CT molecular complexity index is 405. The Morgan fingerprint density at radius 2 is 2.50 bits per heavy atom. The number of hydrogen-bond donors (Lipinski definition) is 1. The fourth-order valence-corrected chi connectivity index (χ4v) is 2.89. The molecule has 1 spiro atoms. The van der Waals surface area contributed by atoms with Gasteiger partial charge in [-0.3, -0.25) is 4.72 Å². The Balaban J connectivity index is 1.94. The molecule has 3 heterocycles. The van der Waals surface area contributed by atoms with Crippen LogP contribution in [0.25, 0.3) is 0 Å². The van der Waals surface area contributed by atoms with Gasteiger partial charge in [0.2, 0.25) is 5.88 Å². The lowest BCUT2D eigenvalue weighted by molar-refractivity contribution is 0.0503. The molecule has 0 bridgehead atoms. The molecule has 2 aliphatic heterocycles. The number of pyridine rings is 1. The van der Waals surface area contributed by atoms with Gasteiger partial charge in [-0.05, 0) is 30.5 Å². The summed E-state index contributed by atoms with van der Waals surface area (Å²) in [6.45, 7) is 4.25. The van der Waals surface area contributed by atoms with Gasteiger partial charge < -0.3 is 9.47 Å². The van der Waals surface area contributed by atoms with Crippen LogP contribution in [0.3, 0.4) is 0 Å². The average molecular weight is 238 g/mol. The smallest absolute Gasteiger partial charge is 0.229 e. The van der Waals surface area contributed by atoms with E-state index in [1.807, 2.05) is 13.1 Å². The van der Waals surface area contributed by atoms with Crippen molar-refractivity contribution in [1.82, 2.24) is 9.71 Å². The van der Waals surface area contributed by atoms with Crippen molar-refractivity contribution in [2.75, 3.05) is 19.8 Å². The second-order valence-corrected chi connectivity index (χ2v) is 5.26. The molecule has 1 aromatic heterocycles. The van der Waals surface area contributed by atoms with Crippen molar-refractivity contribution >= 4 is 11.9 Å². The van der Waals surface area contributed by atoms with Gasteiger partial charge in [-0.25, -0.2) is 4.98 Å². The third-order valence-electron chi connectivity index (χ3n) is 2.91. The van der Waals surface area contributed by atoms with Crippen molar-refractivity contribution in [2.24, 2.45) is 0 Å². The van der Waals surface area contributed by atoms with Crippen molar-refractivity contribution in [1.29, 1.82) is 0 Å². The van der Waals surface area contributed by atoms with E-state index in [2.05, 4.69) is 15.8 Å². The van der Waals surface area contributed by atoms with E-state index in [4.69, 9.17) is 9.47 Å². The number of fused-ring (bicyclic) bond motifs is 1. The second kappa shape index (κ2) is 3.91. The Morgan fingerprint density at radius 1 is 1.56 bits per heavy atom. The normalized spacial score (nSPS) is 28.6. The first kappa shape index (κ1) is 10.4. The van der Waals surface area contributed by atoms with Crippen LogP contribution in [0, 0.1) is 6.92 Å². The zero-order valence-corrected chi connectivity index (χ0v) is 9.97. The Kier molecular flexibility index (Phi) is 2.53. The van der Waals surface area contributed by atoms with E-state index >= 15 is 0 Å². The molecule has 1 saturated heterocycles. The van der Waals surface area contributed by atoms with Crippen molar-refractivity contribution in [3.8, 4) is 5.88 Å². The van der Waals surface area contributed by atoms with Gasteiger partial charge in [-0.1, -0.05) is 0 Å². The van der Waals surface area contributed by atoms with Crippen LogP contribution in [0.2, 0.25) is 0 Å². The Labute approximate surface area is 98.9 Å². The number of aryl methyl sites for hydroxylation is 1. The summed E-state index contributed by atoms with van der Waals surface area (Å²) in [4.78, 5) is 5.42. The molecular formula is C11H14N2O2S. The highest BCUT2D eigenvalue weighted by molar-refractivity contribution is 7.97. The van der Waals surface area contributed by atoms with Gasteiger partial charge in [0, 0.05) is 19.2 Å². The predicted octanol–water partition coefficient (Wildman–Crippen LogP) is 1.54. The minimum absolute atomic E-state index is 0.222. The van der Waals surface area contributed by atoms with Crippen LogP contribution in [0.15, 0.2) is 17.2 Å². The molecule has 0 aromatic carbocycles. The summed E-state index contributed by atoms with van der Waals surface area (Å²) >= 11 is 1.59. The lowest BCUT2D eigenvalue weighted by atomic mass is 10.0. The Morgan fingerprint density at radius 3 is 3.31 bits per heavy atom. The summed E-state index contributed by atoms with van der Waals surface area (Å²) in [6.07, 6.45) is 2.77. The first-order valence-electron chi connectivity index (χ1n) is 5.41. The summed E-state index contributed by atoms with van der Waals surface area (Å²) < 4.78 is 14.8. The molecule has 5 heteroatoms. The molecular weight excluding hydrogens is 224 g/mol. The predicted molar refractivity (Wildman–Crippen MR) is 61.6 cm³/mol. The molecule has 16 heavy (non-hydrogen) atoms. The number of aromatic nitrogens is 1. The third-order valence-corrected chi connectivity index (χ3v) is 3.71. The molecule has 1 fully saturated rings. The highest BCUT2D eigenvalue weighted by atomic mass is 32.2. The van der Waals surface area contributed by atoms with E-state index in [-0.39, 0.29) is 5.60 Å². The van der Waals surface area contributed by atoms with E-state index < -0.39 is 0 Å². The van der Waals surface area contributed by atoms with Crippen LogP contribution < -0.4 is 9.46 Å². The maximum absolute atomic E-state index is 6.04. The lowest BCUT2D eigenvalue weighted by Gasteiger charge is -2.25. The van der Waals surface area contributed by atoms with Crippen molar-refractivity contribution in [3.63, 3.8) is 0 Å². The quantitative estimate of drug-likeness (QED) is 0.694. The van der Waals surface area contributed by atoms with Crippen molar-refractivity contribution in [3.05, 3.63) is 17.8 Å². The number of hydrogen-bond acceptors (Lipinski definition) is 5. The van der Waals surface area contributed by atoms with Crippen molar-refractivity contribution in [2.45, 2.75) is 23.8 Å². The molecule has 1 aromatic rings. The second-order valence-electron chi connectivity index (χ2n) is 4.33. The minimum atomic E-state index is -0.222. The first-order chi connectivity index (χ1) is 7.77. The number of rotatable bonds is 0. The number of nitrogens with one attached hydrogen (secondary N) is 1. The number of ether oxygens (including phenoxy) is 2. The number of nitrogens with zero attached hydrogens (tertiary/aromatic N) is 1. The maximum Gasteiger partial charge on any atom is 0.229 e. The van der Waals surface area contributed by atoms with E-state index in [1.54, 1.807) is 11.9 Å². The SMILES string of the molecule is Cc1cnc2c(c1)SNC[C@]1(CCOC1)O2. The van der Waals surface area contributed by atoms with Gasteiger partial charge in [-0.2, -0.15) is 0 Å². The monoisotopic (exact) mass is 238 g/mol. The van der Waals surface area contributed by atoms with Gasteiger partial charge in [0.25, 0.3) is 0 Å². The van der Waals surface area contributed by atoms with Gasteiger partial charge in [-0.15, -0.1) is 0 Å². The molecule has 2 aliphatic rings. The zero-order valence-electron chi connectivity index (χ0n) is 9.16. The summed E-state index contributed by atoms with van der Waals surface area (Å²) in [6, 6.07) is 2.09. The van der Waals surface area contributed by atoms with E-state index in [9.17, 15) is 0 Å². The maximum atomic E-state index is 6.04. The van der Waals surface area contributed by atoms with Crippen LogP contribution in [0.5, 0.6) is 5.88 Å². The minimum Gasteiger partial charge on any atom is -0.466 e. The van der Waals surface area contributed by atoms with Crippen LogP contribution in [0.1, 0.15) is 12.0 Å². The van der Waals surface area contributed by atoms with Gasteiger partial charge in [0.15, 0.2) is 0 Å². The summed E-state index contributed by atoms with van der Waals surface area (Å²) in [5.41, 5.74) is 0.927. The van der Waals surface area contributed by atoms with E-state index in [0.29, 0.717) is 6.61 Å². The van der Waals surface area contributed by atoms with E-state index in [1.165, 1.54) is 0 Å². The highest BCUT2D eigenvalue weighted by Gasteiger charge is 2.39. The van der Waals surface area contributed by atoms with Gasteiger partial charge in [0.1, 0.15) is 5.60 Å². The summed E-state index contributed by atoms with van der Waals surface area (Å²) in [5.74, 6) is 0.728. The fraction of sp³-hybridized carbons (Fsp3) is 0.545.